The summed E-state index contributed by atoms with van der Waals surface area (Å²) in [7, 11) is 1.53. The predicted molar refractivity (Wildman–Crippen MR) is 115 cm³/mol. The fraction of sp³-hybridized carbons (Fsp3) is 0.0909. The van der Waals surface area contributed by atoms with E-state index in [9.17, 15) is 9.90 Å². The lowest BCUT2D eigenvalue weighted by Crippen LogP contribution is -2.19. The molecule has 0 aromatic heterocycles. The topological polar surface area (TPSA) is 80.2 Å². The van der Waals surface area contributed by atoms with Gasteiger partial charge in [0.25, 0.3) is 5.91 Å². The summed E-state index contributed by atoms with van der Waals surface area (Å²) in [5, 5.41) is 13.8. The minimum Gasteiger partial charge on any atom is -0.507 e. The van der Waals surface area contributed by atoms with Gasteiger partial charge >= 0.3 is 0 Å². The molecule has 0 bridgehead atoms. The molecule has 3 rings (SSSR count). The maximum atomic E-state index is 12.6. The van der Waals surface area contributed by atoms with Crippen molar-refractivity contribution in [1.29, 1.82) is 0 Å². The Morgan fingerprint density at radius 1 is 1.14 bits per heavy atom. The number of benzene rings is 3. The molecule has 1 amide bonds. The molecule has 3 aromatic carbocycles. The van der Waals surface area contributed by atoms with Crippen molar-refractivity contribution in [3.05, 3.63) is 87.9 Å². The van der Waals surface area contributed by atoms with Crippen LogP contribution in [0.25, 0.3) is 0 Å². The van der Waals surface area contributed by atoms with Crippen LogP contribution in [0, 0.1) is 0 Å². The molecule has 29 heavy (non-hydrogen) atoms. The van der Waals surface area contributed by atoms with Gasteiger partial charge in [0.2, 0.25) is 0 Å². The van der Waals surface area contributed by atoms with E-state index in [0.29, 0.717) is 29.2 Å². The van der Waals surface area contributed by atoms with Crippen LogP contribution >= 0.6 is 15.9 Å². The molecule has 0 aliphatic heterocycles. The van der Waals surface area contributed by atoms with Crippen molar-refractivity contribution in [2.24, 2.45) is 5.10 Å². The van der Waals surface area contributed by atoms with Gasteiger partial charge in [0.1, 0.15) is 23.9 Å². The molecule has 7 heteroatoms. The maximum Gasteiger partial charge on any atom is 0.275 e. The molecule has 2 N–H and O–H groups in total. The van der Waals surface area contributed by atoms with Gasteiger partial charge in [-0.3, -0.25) is 4.79 Å². The van der Waals surface area contributed by atoms with Crippen LogP contribution in [-0.2, 0) is 6.61 Å². The summed E-state index contributed by atoms with van der Waals surface area (Å²) < 4.78 is 11.7. The highest BCUT2D eigenvalue weighted by atomic mass is 79.9. The zero-order valence-corrected chi connectivity index (χ0v) is 17.2. The first-order chi connectivity index (χ1) is 14.1. The molecule has 148 valence electrons. The number of hydrazone groups is 1. The third-order valence-electron chi connectivity index (χ3n) is 4.03. The van der Waals surface area contributed by atoms with Gasteiger partial charge in [0.05, 0.1) is 18.9 Å². The fourth-order valence-corrected chi connectivity index (χ4v) is 2.89. The van der Waals surface area contributed by atoms with Crippen molar-refractivity contribution in [3.8, 4) is 17.2 Å². The highest BCUT2D eigenvalue weighted by Gasteiger charge is 2.13. The number of nitrogens with one attached hydrogen (secondary N) is 1. The first kappa shape index (κ1) is 20.4. The lowest BCUT2D eigenvalue weighted by molar-refractivity contribution is 0.0950. The molecule has 3 aromatic rings. The van der Waals surface area contributed by atoms with Gasteiger partial charge in [-0.05, 0) is 42.0 Å². The number of amides is 1. The standard InChI is InChI=1S/C22H19BrN2O4/c1-28-18-8-9-20(26)16(11-18)13-24-25-22(27)19-12-17(23)7-10-21(19)29-14-15-5-3-2-4-6-15/h2-13,26H,14H2,1H3,(H,25,27)/b24-13-. The Morgan fingerprint density at radius 2 is 1.93 bits per heavy atom. The second-order valence-corrected chi connectivity index (χ2v) is 6.95. The minimum absolute atomic E-state index is 0.0261. The second-order valence-electron chi connectivity index (χ2n) is 6.04. The van der Waals surface area contributed by atoms with Gasteiger partial charge in [-0.1, -0.05) is 46.3 Å². The van der Waals surface area contributed by atoms with E-state index < -0.39 is 5.91 Å². The van der Waals surface area contributed by atoms with Crippen molar-refractivity contribution in [2.75, 3.05) is 7.11 Å². The normalized spacial score (nSPS) is 10.7. The van der Waals surface area contributed by atoms with Gasteiger partial charge in [-0.25, -0.2) is 5.43 Å². The number of phenols is 1. The summed E-state index contributed by atoms with van der Waals surface area (Å²) in [5.74, 6) is 0.597. The van der Waals surface area contributed by atoms with Crippen LogP contribution < -0.4 is 14.9 Å². The van der Waals surface area contributed by atoms with Crippen LogP contribution in [0.5, 0.6) is 17.2 Å². The number of aromatic hydroxyl groups is 1. The SMILES string of the molecule is COc1ccc(O)c(/C=N\NC(=O)c2cc(Br)ccc2OCc2ccccc2)c1. The molecule has 0 atom stereocenters. The Morgan fingerprint density at radius 3 is 2.69 bits per heavy atom. The van der Waals surface area contributed by atoms with Crippen molar-refractivity contribution in [1.82, 2.24) is 5.43 Å². The summed E-state index contributed by atoms with van der Waals surface area (Å²) in [5.41, 5.74) is 4.20. The second kappa shape index (κ2) is 9.75. The molecule has 0 saturated heterocycles. The number of carbonyl (C=O) groups excluding carboxylic acids is 1. The van der Waals surface area contributed by atoms with Crippen LogP contribution in [0.15, 0.2) is 76.3 Å². The number of hydrogen-bond acceptors (Lipinski definition) is 5. The smallest absolute Gasteiger partial charge is 0.275 e. The summed E-state index contributed by atoms with van der Waals surface area (Å²) >= 11 is 3.37. The summed E-state index contributed by atoms with van der Waals surface area (Å²) in [6, 6.07) is 19.6. The van der Waals surface area contributed by atoms with Gasteiger partial charge in [-0.15, -0.1) is 0 Å². The zero-order valence-electron chi connectivity index (χ0n) is 15.6. The number of hydrogen-bond donors (Lipinski definition) is 2. The highest BCUT2D eigenvalue weighted by molar-refractivity contribution is 9.10. The number of carbonyl (C=O) groups is 1. The molecular formula is C22H19BrN2O4. The Balaban J connectivity index is 1.72. The molecule has 0 saturated carbocycles. The van der Waals surface area contributed by atoms with Crippen LogP contribution in [0.3, 0.4) is 0 Å². The Labute approximate surface area is 176 Å². The maximum absolute atomic E-state index is 12.6. The quantitative estimate of drug-likeness (QED) is 0.406. The van der Waals surface area contributed by atoms with E-state index in [1.54, 1.807) is 30.3 Å². The van der Waals surface area contributed by atoms with Crippen molar-refractivity contribution in [2.45, 2.75) is 6.61 Å². The average Bonchev–Trinajstić information content (AvgIpc) is 2.74. The molecule has 0 radical (unpaired) electrons. The van der Waals surface area contributed by atoms with Crippen LogP contribution in [0.2, 0.25) is 0 Å². The van der Waals surface area contributed by atoms with E-state index in [4.69, 9.17) is 9.47 Å². The Hall–Kier alpha value is -3.32. The molecule has 0 spiro atoms. The Bertz CT molecular complexity index is 1020. The Kier molecular flexibility index (Phi) is 6.86. The summed E-state index contributed by atoms with van der Waals surface area (Å²) in [6.07, 6.45) is 1.35. The largest absolute Gasteiger partial charge is 0.507 e. The molecular weight excluding hydrogens is 436 g/mol. The van der Waals surface area contributed by atoms with Crippen molar-refractivity contribution >= 4 is 28.1 Å². The van der Waals surface area contributed by atoms with E-state index in [-0.39, 0.29) is 5.75 Å². The van der Waals surface area contributed by atoms with E-state index in [0.717, 1.165) is 10.0 Å². The predicted octanol–water partition coefficient (Wildman–Crippen LogP) is 4.51. The van der Waals surface area contributed by atoms with Gasteiger partial charge in [0, 0.05) is 10.0 Å². The van der Waals surface area contributed by atoms with Gasteiger partial charge in [0.15, 0.2) is 0 Å². The summed E-state index contributed by atoms with van der Waals surface area (Å²) in [6.45, 7) is 0.337. The van der Waals surface area contributed by atoms with Gasteiger partial charge < -0.3 is 14.6 Å². The number of halogens is 1. The highest BCUT2D eigenvalue weighted by Crippen LogP contribution is 2.24. The molecule has 0 unspecified atom stereocenters. The van der Waals surface area contributed by atoms with E-state index >= 15 is 0 Å². The van der Waals surface area contributed by atoms with E-state index in [1.807, 2.05) is 30.3 Å². The molecule has 0 aliphatic carbocycles. The van der Waals surface area contributed by atoms with Crippen LogP contribution in [0.1, 0.15) is 21.5 Å². The van der Waals surface area contributed by atoms with Crippen molar-refractivity contribution < 1.29 is 19.4 Å². The number of methoxy groups -OCH3 is 1. The molecule has 0 heterocycles. The molecule has 0 fully saturated rings. The minimum atomic E-state index is -0.437. The molecule has 0 aliphatic rings. The lowest BCUT2D eigenvalue weighted by atomic mass is 10.2. The third kappa shape index (κ3) is 5.58. The van der Waals surface area contributed by atoms with Gasteiger partial charge in [-0.2, -0.15) is 5.10 Å². The zero-order chi connectivity index (χ0) is 20.6. The first-order valence-electron chi connectivity index (χ1n) is 8.73. The number of ether oxygens (including phenoxy) is 2. The first-order valence-corrected chi connectivity index (χ1v) is 9.53. The van der Waals surface area contributed by atoms with E-state index in [1.165, 1.54) is 19.4 Å². The summed E-state index contributed by atoms with van der Waals surface area (Å²) in [4.78, 5) is 12.6. The fourth-order valence-electron chi connectivity index (χ4n) is 2.52. The number of nitrogens with zero attached hydrogens (tertiary/aromatic N) is 1. The number of rotatable bonds is 7. The van der Waals surface area contributed by atoms with E-state index in [2.05, 4.69) is 26.5 Å². The van der Waals surface area contributed by atoms with Crippen molar-refractivity contribution in [3.63, 3.8) is 0 Å². The number of phenolic OH excluding ortho intramolecular Hbond substituents is 1. The molecule has 6 nitrogen and oxygen atoms in total. The monoisotopic (exact) mass is 454 g/mol. The third-order valence-corrected chi connectivity index (χ3v) is 4.52. The van der Waals surface area contributed by atoms with Crippen LogP contribution in [0.4, 0.5) is 0 Å². The lowest BCUT2D eigenvalue weighted by Gasteiger charge is -2.11. The van der Waals surface area contributed by atoms with Crippen LogP contribution in [-0.4, -0.2) is 24.3 Å². The average molecular weight is 455 g/mol.